The summed E-state index contributed by atoms with van der Waals surface area (Å²) in [5.41, 5.74) is 0.553. The van der Waals surface area contributed by atoms with Crippen LogP contribution < -0.4 is 10.2 Å². The van der Waals surface area contributed by atoms with Crippen LogP contribution in [0.25, 0.3) is 21.2 Å². The number of nitrogens with zero attached hydrogens (tertiary/aromatic N) is 2. The zero-order valence-corrected chi connectivity index (χ0v) is 17.5. The Labute approximate surface area is 178 Å². The quantitative estimate of drug-likeness (QED) is 0.460. The molecule has 0 aliphatic carbocycles. The summed E-state index contributed by atoms with van der Waals surface area (Å²) >= 11 is 13.7. The third-order valence-corrected chi connectivity index (χ3v) is 5.85. The van der Waals surface area contributed by atoms with Crippen LogP contribution in [0.15, 0.2) is 56.9 Å². The Morgan fingerprint density at radius 3 is 2.86 bits per heavy atom. The molecule has 9 heteroatoms. The highest BCUT2D eigenvalue weighted by molar-refractivity contribution is 7.16. The summed E-state index contributed by atoms with van der Waals surface area (Å²) in [6.07, 6.45) is 1.15. The smallest absolute Gasteiger partial charge is 0.286 e. The van der Waals surface area contributed by atoms with Gasteiger partial charge in [-0.2, -0.15) is 4.99 Å². The second-order valence-electron chi connectivity index (χ2n) is 6.16. The van der Waals surface area contributed by atoms with Crippen LogP contribution in [0.2, 0.25) is 10.0 Å². The average Bonchev–Trinajstić information content (AvgIpc) is 3.03. The molecule has 0 saturated carbocycles. The van der Waals surface area contributed by atoms with E-state index in [2.05, 4.69) is 4.99 Å². The van der Waals surface area contributed by atoms with Gasteiger partial charge in [0.25, 0.3) is 5.91 Å². The monoisotopic (exact) mass is 448 g/mol. The molecule has 0 bridgehead atoms. The van der Waals surface area contributed by atoms with Gasteiger partial charge in [-0.25, -0.2) is 0 Å². The third kappa shape index (κ3) is 3.74. The Morgan fingerprint density at radius 2 is 2.07 bits per heavy atom. The SMILES string of the molecule is COCCn1c(=NC(=O)c2coc3ccccc3c2=O)sc2cc(Cl)cc(Cl)c21. The summed E-state index contributed by atoms with van der Waals surface area (Å²) in [6, 6.07) is 10.1. The predicted molar refractivity (Wildman–Crippen MR) is 114 cm³/mol. The fourth-order valence-electron chi connectivity index (χ4n) is 2.98. The number of fused-ring (bicyclic) bond motifs is 2. The number of para-hydroxylation sites is 1. The van der Waals surface area contributed by atoms with Gasteiger partial charge in [0.1, 0.15) is 17.4 Å². The molecule has 0 spiro atoms. The number of benzene rings is 2. The minimum atomic E-state index is -0.690. The standard InChI is InChI=1S/C20H14Cl2N2O4S/c1-27-7-6-24-17-14(22)8-11(21)9-16(17)29-20(24)23-19(26)13-10-28-15-5-3-2-4-12(15)18(13)25/h2-5,8-10H,6-7H2,1H3. The van der Waals surface area contributed by atoms with Crippen molar-refractivity contribution in [3.05, 3.63) is 73.3 Å². The van der Waals surface area contributed by atoms with Crippen molar-refractivity contribution < 1.29 is 13.9 Å². The molecular weight excluding hydrogens is 435 g/mol. The maximum atomic E-state index is 12.8. The van der Waals surface area contributed by atoms with E-state index in [-0.39, 0.29) is 5.56 Å². The number of thiazole rings is 1. The molecule has 4 rings (SSSR count). The Hall–Kier alpha value is -2.45. The molecule has 4 aromatic rings. The summed E-state index contributed by atoms with van der Waals surface area (Å²) in [5.74, 6) is -0.690. The van der Waals surface area contributed by atoms with E-state index in [1.54, 1.807) is 48.1 Å². The first-order valence-corrected chi connectivity index (χ1v) is 10.1. The van der Waals surface area contributed by atoms with E-state index in [1.165, 1.54) is 11.3 Å². The molecule has 0 aliphatic rings. The topological polar surface area (TPSA) is 73.8 Å². The van der Waals surface area contributed by atoms with Crippen molar-refractivity contribution in [2.75, 3.05) is 13.7 Å². The Morgan fingerprint density at radius 1 is 1.28 bits per heavy atom. The van der Waals surface area contributed by atoms with Crippen molar-refractivity contribution in [1.82, 2.24) is 4.57 Å². The fourth-order valence-corrected chi connectivity index (χ4v) is 4.81. The summed E-state index contributed by atoms with van der Waals surface area (Å²) < 4.78 is 13.1. The highest BCUT2D eigenvalue weighted by Gasteiger charge is 2.16. The zero-order valence-electron chi connectivity index (χ0n) is 15.1. The Balaban J connectivity index is 1.90. The van der Waals surface area contributed by atoms with E-state index in [4.69, 9.17) is 32.4 Å². The molecule has 0 unspecified atom stereocenters. The molecule has 0 fully saturated rings. The maximum absolute atomic E-state index is 12.8. The number of halogens is 2. The number of rotatable bonds is 4. The lowest BCUT2D eigenvalue weighted by molar-refractivity contribution is 0.0994. The van der Waals surface area contributed by atoms with E-state index in [1.807, 2.05) is 0 Å². The van der Waals surface area contributed by atoms with Crippen molar-refractivity contribution in [3.8, 4) is 0 Å². The molecule has 0 aliphatic heterocycles. The van der Waals surface area contributed by atoms with E-state index in [9.17, 15) is 9.59 Å². The van der Waals surface area contributed by atoms with Gasteiger partial charge in [0.05, 0.1) is 27.2 Å². The average molecular weight is 449 g/mol. The summed E-state index contributed by atoms with van der Waals surface area (Å²) in [5, 5.41) is 1.25. The lowest BCUT2D eigenvalue weighted by atomic mass is 10.2. The summed E-state index contributed by atoms with van der Waals surface area (Å²) in [6.45, 7) is 0.820. The number of carbonyl (C=O) groups is 1. The first kappa shape index (κ1) is 19.8. The van der Waals surface area contributed by atoms with Crippen LogP contribution in [0.5, 0.6) is 0 Å². The Bertz CT molecular complexity index is 1370. The molecule has 2 aromatic carbocycles. The van der Waals surface area contributed by atoms with E-state index >= 15 is 0 Å². The van der Waals surface area contributed by atoms with Crippen LogP contribution >= 0.6 is 34.5 Å². The number of methoxy groups -OCH3 is 1. The van der Waals surface area contributed by atoms with Gasteiger partial charge in [-0.3, -0.25) is 9.59 Å². The fraction of sp³-hybridized carbons (Fsp3) is 0.150. The predicted octanol–water partition coefficient (Wildman–Crippen LogP) is 4.50. The number of hydrogen-bond donors (Lipinski definition) is 0. The largest absolute Gasteiger partial charge is 0.463 e. The molecule has 29 heavy (non-hydrogen) atoms. The highest BCUT2D eigenvalue weighted by atomic mass is 35.5. The number of aromatic nitrogens is 1. The number of hydrogen-bond acceptors (Lipinski definition) is 5. The normalized spacial score (nSPS) is 12.2. The van der Waals surface area contributed by atoms with Gasteiger partial charge in [-0.15, -0.1) is 0 Å². The lowest BCUT2D eigenvalue weighted by Crippen LogP contribution is -2.21. The van der Waals surface area contributed by atoms with Crippen molar-refractivity contribution in [3.63, 3.8) is 0 Å². The zero-order chi connectivity index (χ0) is 20.5. The van der Waals surface area contributed by atoms with Crippen LogP contribution in [-0.4, -0.2) is 24.2 Å². The molecule has 0 atom stereocenters. The van der Waals surface area contributed by atoms with Gasteiger partial charge in [0, 0.05) is 18.7 Å². The second-order valence-corrected chi connectivity index (χ2v) is 8.01. The molecule has 0 saturated heterocycles. The molecule has 2 aromatic heterocycles. The van der Waals surface area contributed by atoms with Crippen molar-refractivity contribution in [1.29, 1.82) is 0 Å². The number of ether oxygens (including phenoxy) is 1. The van der Waals surface area contributed by atoms with Gasteiger partial charge >= 0.3 is 0 Å². The second kappa shape index (κ2) is 8.12. The van der Waals surface area contributed by atoms with Crippen LogP contribution in [0.3, 0.4) is 0 Å². The molecule has 148 valence electrons. The minimum absolute atomic E-state index is 0.136. The molecule has 1 amide bonds. The number of carbonyl (C=O) groups excluding carboxylic acids is 1. The van der Waals surface area contributed by atoms with Crippen molar-refractivity contribution >= 4 is 61.6 Å². The van der Waals surface area contributed by atoms with Gasteiger partial charge in [0.15, 0.2) is 4.80 Å². The molecule has 0 radical (unpaired) electrons. The maximum Gasteiger partial charge on any atom is 0.286 e. The van der Waals surface area contributed by atoms with E-state index in [0.717, 1.165) is 11.0 Å². The van der Waals surface area contributed by atoms with Gasteiger partial charge in [-0.1, -0.05) is 46.7 Å². The van der Waals surface area contributed by atoms with E-state index in [0.29, 0.717) is 44.5 Å². The summed E-state index contributed by atoms with van der Waals surface area (Å²) in [7, 11) is 1.58. The molecule has 0 N–H and O–H groups in total. The van der Waals surface area contributed by atoms with Crippen LogP contribution in [0.1, 0.15) is 10.4 Å². The third-order valence-electron chi connectivity index (χ3n) is 4.32. The first-order valence-electron chi connectivity index (χ1n) is 8.56. The van der Waals surface area contributed by atoms with Crippen LogP contribution in [0.4, 0.5) is 0 Å². The van der Waals surface area contributed by atoms with Crippen LogP contribution in [-0.2, 0) is 11.3 Å². The minimum Gasteiger partial charge on any atom is -0.463 e. The summed E-state index contributed by atoms with van der Waals surface area (Å²) in [4.78, 5) is 30.1. The highest BCUT2D eigenvalue weighted by Crippen LogP contribution is 2.29. The lowest BCUT2D eigenvalue weighted by Gasteiger charge is -2.06. The van der Waals surface area contributed by atoms with Gasteiger partial charge in [0.2, 0.25) is 5.43 Å². The van der Waals surface area contributed by atoms with Gasteiger partial charge < -0.3 is 13.7 Å². The Kier molecular flexibility index (Phi) is 5.56. The van der Waals surface area contributed by atoms with Crippen LogP contribution in [0, 0.1) is 0 Å². The van der Waals surface area contributed by atoms with Crippen molar-refractivity contribution in [2.45, 2.75) is 6.54 Å². The first-order chi connectivity index (χ1) is 14.0. The molecular formula is C20H14Cl2N2O4S. The number of amides is 1. The molecule has 6 nitrogen and oxygen atoms in total. The van der Waals surface area contributed by atoms with E-state index < -0.39 is 11.3 Å². The van der Waals surface area contributed by atoms with Gasteiger partial charge in [-0.05, 0) is 24.3 Å². The molecule has 2 heterocycles. The van der Waals surface area contributed by atoms with Crippen molar-refractivity contribution in [2.24, 2.45) is 4.99 Å².